The Morgan fingerprint density at radius 1 is 1.16 bits per heavy atom. The molecule has 1 aromatic carbocycles. The van der Waals surface area contributed by atoms with Crippen LogP contribution in [0.25, 0.3) is 0 Å². The standard InChI is InChI=1S/C17H28N2/c1-14(2)18-11-10-15(3)19-12-6-9-16-7-4-5-8-17(16)13-19/h4-5,7-8,14-15,18H,6,9-13H2,1-3H3. The molecular weight excluding hydrogens is 232 g/mol. The van der Waals surface area contributed by atoms with E-state index in [1.807, 2.05) is 0 Å². The first-order chi connectivity index (χ1) is 9.16. The van der Waals surface area contributed by atoms with Crippen LogP contribution in [-0.4, -0.2) is 30.1 Å². The molecule has 1 N–H and O–H groups in total. The number of benzene rings is 1. The molecule has 19 heavy (non-hydrogen) atoms. The molecule has 1 atom stereocenters. The average molecular weight is 260 g/mol. The highest BCUT2D eigenvalue weighted by molar-refractivity contribution is 5.28. The van der Waals surface area contributed by atoms with E-state index in [1.165, 1.54) is 31.4 Å². The summed E-state index contributed by atoms with van der Waals surface area (Å²) in [5.41, 5.74) is 3.08. The lowest BCUT2D eigenvalue weighted by Gasteiger charge is -2.28. The molecule has 2 rings (SSSR count). The molecule has 1 aromatic rings. The topological polar surface area (TPSA) is 15.3 Å². The van der Waals surface area contributed by atoms with Gasteiger partial charge in [-0.1, -0.05) is 38.1 Å². The maximum Gasteiger partial charge on any atom is 0.0239 e. The van der Waals surface area contributed by atoms with Crippen molar-refractivity contribution >= 4 is 0 Å². The van der Waals surface area contributed by atoms with Crippen molar-refractivity contribution < 1.29 is 0 Å². The Balaban J connectivity index is 1.90. The van der Waals surface area contributed by atoms with Crippen LogP contribution in [0.1, 0.15) is 44.7 Å². The Morgan fingerprint density at radius 2 is 1.89 bits per heavy atom. The summed E-state index contributed by atoms with van der Waals surface area (Å²) in [5, 5.41) is 3.52. The number of rotatable bonds is 5. The van der Waals surface area contributed by atoms with Gasteiger partial charge in [0.25, 0.3) is 0 Å². The summed E-state index contributed by atoms with van der Waals surface area (Å²) >= 11 is 0. The number of nitrogens with one attached hydrogen (secondary N) is 1. The van der Waals surface area contributed by atoms with Crippen LogP contribution in [0.2, 0.25) is 0 Å². The van der Waals surface area contributed by atoms with E-state index in [0.717, 1.165) is 13.1 Å². The fourth-order valence-corrected chi connectivity index (χ4v) is 2.87. The summed E-state index contributed by atoms with van der Waals surface area (Å²) < 4.78 is 0. The van der Waals surface area contributed by atoms with Gasteiger partial charge in [0.05, 0.1) is 0 Å². The van der Waals surface area contributed by atoms with E-state index in [2.05, 4.69) is 55.3 Å². The fourth-order valence-electron chi connectivity index (χ4n) is 2.87. The molecule has 2 nitrogen and oxygen atoms in total. The van der Waals surface area contributed by atoms with Gasteiger partial charge < -0.3 is 5.32 Å². The molecule has 0 saturated carbocycles. The van der Waals surface area contributed by atoms with Crippen molar-refractivity contribution in [1.82, 2.24) is 10.2 Å². The van der Waals surface area contributed by atoms with E-state index in [4.69, 9.17) is 0 Å². The Morgan fingerprint density at radius 3 is 2.63 bits per heavy atom. The monoisotopic (exact) mass is 260 g/mol. The highest BCUT2D eigenvalue weighted by Crippen LogP contribution is 2.20. The molecule has 1 aliphatic rings. The summed E-state index contributed by atoms with van der Waals surface area (Å²) in [6, 6.07) is 10.2. The molecule has 0 fully saturated rings. The first-order valence-corrected chi connectivity index (χ1v) is 7.71. The summed E-state index contributed by atoms with van der Waals surface area (Å²) in [6.07, 6.45) is 3.77. The van der Waals surface area contributed by atoms with Gasteiger partial charge in [-0.05, 0) is 50.4 Å². The predicted octanol–water partition coefficient (Wildman–Crippen LogP) is 3.21. The molecule has 106 valence electrons. The van der Waals surface area contributed by atoms with Crippen LogP contribution in [0.15, 0.2) is 24.3 Å². The molecule has 1 aliphatic heterocycles. The van der Waals surface area contributed by atoms with Crippen molar-refractivity contribution in [2.75, 3.05) is 13.1 Å². The Hall–Kier alpha value is -0.860. The van der Waals surface area contributed by atoms with E-state index < -0.39 is 0 Å². The number of hydrogen-bond donors (Lipinski definition) is 1. The number of fused-ring (bicyclic) bond motifs is 1. The second-order valence-electron chi connectivity index (χ2n) is 6.09. The largest absolute Gasteiger partial charge is 0.314 e. The van der Waals surface area contributed by atoms with Crippen LogP contribution < -0.4 is 5.32 Å². The minimum Gasteiger partial charge on any atom is -0.314 e. The predicted molar refractivity (Wildman–Crippen MR) is 82.4 cm³/mol. The Labute approximate surface area is 118 Å². The van der Waals surface area contributed by atoms with Crippen molar-refractivity contribution in [3.05, 3.63) is 35.4 Å². The third-order valence-corrected chi connectivity index (χ3v) is 4.12. The highest BCUT2D eigenvalue weighted by atomic mass is 15.1. The molecule has 0 aromatic heterocycles. The average Bonchev–Trinajstić information content (AvgIpc) is 2.60. The lowest BCUT2D eigenvalue weighted by atomic mass is 10.0. The molecule has 0 aliphatic carbocycles. The molecule has 0 spiro atoms. The smallest absolute Gasteiger partial charge is 0.0239 e. The Bertz CT molecular complexity index is 387. The van der Waals surface area contributed by atoms with Gasteiger partial charge in [-0.3, -0.25) is 4.90 Å². The van der Waals surface area contributed by atoms with Crippen molar-refractivity contribution in [2.24, 2.45) is 0 Å². The van der Waals surface area contributed by atoms with Gasteiger partial charge >= 0.3 is 0 Å². The third-order valence-electron chi connectivity index (χ3n) is 4.12. The maximum absolute atomic E-state index is 3.52. The second kappa shape index (κ2) is 7.06. The number of hydrogen-bond acceptors (Lipinski definition) is 2. The molecule has 0 amide bonds. The van der Waals surface area contributed by atoms with Crippen LogP contribution in [0.5, 0.6) is 0 Å². The van der Waals surface area contributed by atoms with E-state index in [0.29, 0.717) is 12.1 Å². The van der Waals surface area contributed by atoms with Gasteiger partial charge in [0, 0.05) is 18.6 Å². The zero-order valence-electron chi connectivity index (χ0n) is 12.7. The van der Waals surface area contributed by atoms with Crippen molar-refractivity contribution in [1.29, 1.82) is 0 Å². The van der Waals surface area contributed by atoms with E-state index in [1.54, 1.807) is 5.56 Å². The summed E-state index contributed by atoms with van der Waals surface area (Å²) in [5.74, 6) is 0. The first-order valence-electron chi connectivity index (χ1n) is 7.71. The van der Waals surface area contributed by atoms with Crippen molar-refractivity contribution in [2.45, 2.75) is 58.7 Å². The van der Waals surface area contributed by atoms with Gasteiger partial charge in [0.15, 0.2) is 0 Å². The molecule has 0 radical (unpaired) electrons. The Kier molecular flexibility index (Phi) is 5.41. The minimum atomic E-state index is 0.594. The third kappa shape index (κ3) is 4.32. The van der Waals surface area contributed by atoms with Gasteiger partial charge in [-0.15, -0.1) is 0 Å². The highest BCUT2D eigenvalue weighted by Gasteiger charge is 2.18. The normalized spacial score (nSPS) is 18.1. The van der Waals surface area contributed by atoms with Gasteiger partial charge in [0.2, 0.25) is 0 Å². The fraction of sp³-hybridized carbons (Fsp3) is 0.647. The SMILES string of the molecule is CC(C)NCCC(C)N1CCCc2ccccc2C1. The van der Waals surface area contributed by atoms with Crippen LogP contribution in [0.3, 0.4) is 0 Å². The van der Waals surface area contributed by atoms with Gasteiger partial charge in [-0.25, -0.2) is 0 Å². The van der Waals surface area contributed by atoms with Gasteiger partial charge in [-0.2, -0.15) is 0 Å². The molecule has 0 bridgehead atoms. The lowest BCUT2D eigenvalue weighted by molar-refractivity contribution is 0.192. The van der Waals surface area contributed by atoms with Crippen LogP contribution in [-0.2, 0) is 13.0 Å². The van der Waals surface area contributed by atoms with Crippen LogP contribution in [0, 0.1) is 0 Å². The van der Waals surface area contributed by atoms with Crippen molar-refractivity contribution in [3.8, 4) is 0 Å². The van der Waals surface area contributed by atoms with Crippen LogP contribution in [0.4, 0.5) is 0 Å². The molecule has 1 heterocycles. The van der Waals surface area contributed by atoms with E-state index in [9.17, 15) is 0 Å². The zero-order chi connectivity index (χ0) is 13.7. The van der Waals surface area contributed by atoms with E-state index >= 15 is 0 Å². The van der Waals surface area contributed by atoms with Crippen LogP contribution >= 0.6 is 0 Å². The minimum absolute atomic E-state index is 0.594. The summed E-state index contributed by atoms with van der Waals surface area (Å²) in [4.78, 5) is 2.65. The lowest BCUT2D eigenvalue weighted by Crippen LogP contribution is -2.36. The molecular formula is C17H28N2. The summed E-state index contributed by atoms with van der Waals surface area (Å²) in [6.45, 7) is 10.3. The van der Waals surface area contributed by atoms with E-state index in [-0.39, 0.29) is 0 Å². The second-order valence-corrected chi connectivity index (χ2v) is 6.09. The van der Waals surface area contributed by atoms with Crippen molar-refractivity contribution in [3.63, 3.8) is 0 Å². The molecule has 0 saturated heterocycles. The molecule has 1 unspecified atom stereocenters. The summed E-state index contributed by atoms with van der Waals surface area (Å²) in [7, 11) is 0. The zero-order valence-corrected chi connectivity index (χ0v) is 12.7. The first kappa shape index (κ1) is 14.5. The maximum atomic E-state index is 3.52. The number of aryl methyl sites for hydroxylation is 1. The number of nitrogens with zero attached hydrogens (tertiary/aromatic N) is 1. The molecule has 2 heteroatoms. The van der Waals surface area contributed by atoms with Gasteiger partial charge in [0.1, 0.15) is 0 Å². The quantitative estimate of drug-likeness (QED) is 0.874.